The van der Waals surface area contributed by atoms with E-state index in [1.165, 1.54) is 38.5 Å². The molecule has 9 nitrogen and oxygen atoms in total. The van der Waals surface area contributed by atoms with E-state index in [1.54, 1.807) is 6.92 Å². The minimum Gasteiger partial charge on any atom is -0.481 e. The first kappa shape index (κ1) is 43.4. The largest absolute Gasteiger partial charge is 0.481 e. The Kier molecular flexibility index (Phi) is 20.0. The lowest BCUT2D eigenvalue weighted by atomic mass is 9.86. The van der Waals surface area contributed by atoms with Gasteiger partial charge in [-0.15, -0.1) is 0 Å². The van der Waals surface area contributed by atoms with Crippen molar-refractivity contribution in [1.82, 2.24) is 0 Å². The summed E-state index contributed by atoms with van der Waals surface area (Å²) in [6.07, 6.45) is 10.2. The van der Waals surface area contributed by atoms with Crippen LogP contribution < -0.4 is 9.47 Å². The molecule has 0 aliphatic heterocycles. The predicted octanol–water partition coefficient (Wildman–Crippen LogP) is 8.85. The van der Waals surface area contributed by atoms with Crippen molar-refractivity contribution in [1.29, 1.82) is 0 Å². The molecule has 0 spiro atoms. The van der Waals surface area contributed by atoms with Gasteiger partial charge in [-0.1, -0.05) is 79.1 Å². The number of rotatable bonds is 26. The van der Waals surface area contributed by atoms with E-state index in [0.717, 1.165) is 24.7 Å². The van der Waals surface area contributed by atoms with Crippen molar-refractivity contribution in [2.45, 2.75) is 176 Å². The number of carbonyl (C=O) groups excluding carboxylic acids is 1. The number of hydrogen-bond acceptors (Lipinski definition) is 7. The minimum absolute atomic E-state index is 0.0371. The molecule has 4 unspecified atom stereocenters. The Morgan fingerprint density at radius 3 is 1.75 bits per heavy atom. The summed E-state index contributed by atoms with van der Waals surface area (Å²) in [6.45, 7) is 16.5. The second-order valence-corrected chi connectivity index (χ2v) is 14.9. The van der Waals surface area contributed by atoms with Gasteiger partial charge in [-0.3, -0.25) is 14.4 Å². The highest BCUT2D eigenvalue weighted by atomic mass is 16.6. The SMILES string of the molecule is Cc1c(C)c(OC(O)CCCC(=O)O)c(CCC(C)(O)CCCC(C)CCCC(C)CCCC(C)C)c(C)c1OC(=O)CCCC(=O)O. The fraction of sp³-hybridized carbons (Fsp3) is 0.769. The Morgan fingerprint density at radius 2 is 1.19 bits per heavy atom. The zero-order valence-corrected chi connectivity index (χ0v) is 31.2. The molecule has 0 radical (unpaired) electrons. The second kappa shape index (κ2) is 22.1. The molecule has 0 aliphatic rings. The smallest absolute Gasteiger partial charge is 0.311 e. The highest BCUT2D eigenvalue weighted by molar-refractivity contribution is 5.75. The number of aliphatic hydroxyl groups is 2. The van der Waals surface area contributed by atoms with Crippen molar-refractivity contribution in [3.63, 3.8) is 0 Å². The first-order valence-corrected chi connectivity index (χ1v) is 18.3. The third-order valence-electron chi connectivity index (χ3n) is 9.59. The van der Waals surface area contributed by atoms with Crippen LogP contribution in [0.1, 0.15) is 160 Å². The molecule has 0 fully saturated rings. The van der Waals surface area contributed by atoms with Crippen LogP contribution in [-0.2, 0) is 20.8 Å². The van der Waals surface area contributed by atoms with Crippen LogP contribution in [-0.4, -0.2) is 50.2 Å². The van der Waals surface area contributed by atoms with E-state index in [-0.39, 0.29) is 38.5 Å². The second-order valence-electron chi connectivity index (χ2n) is 14.9. The summed E-state index contributed by atoms with van der Waals surface area (Å²) in [7, 11) is 0. The van der Waals surface area contributed by atoms with Crippen molar-refractivity contribution in [3.8, 4) is 11.5 Å². The van der Waals surface area contributed by atoms with Crippen molar-refractivity contribution < 1.29 is 44.3 Å². The lowest BCUT2D eigenvalue weighted by molar-refractivity contribution is -0.139. The zero-order valence-electron chi connectivity index (χ0n) is 31.2. The maximum Gasteiger partial charge on any atom is 0.311 e. The van der Waals surface area contributed by atoms with Gasteiger partial charge in [0, 0.05) is 31.2 Å². The van der Waals surface area contributed by atoms with Gasteiger partial charge in [0.25, 0.3) is 0 Å². The number of carboxylic acids is 2. The van der Waals surface area contributed by atoms with Gasteiger partial charge in [-0.05, 0) is 94.2 Å². The van der Waals surface area contributed by atoms with Crippen LogP contribution in [0.5, 0.6) is 11.5 Å². The fourth-order valence-electron chi connectivity index (χ4n) is 6.27. The molecule has 276 valence electrons. The maximum absolute atomic E-state index is 12.6. The van der Waals surface area contributed by atoms with Gasteiger partial charge in [0.2, 0.25) is 0 Å². The molecule has 0 heterocycles. The number of carboxylic acid groups (broad SMARTS) is 2. The van der Waals surface area contributed by atoms with Gasteiger partial charge in [0.05, 0.1) is 5.60 Å². The lowest BCUT2D eigenvalue weighted by Gasteiger charge is -2.27. The molecule has 9 heteroatoms. The summed E-state index contributed by atoms with van der Waals surface area (Å²) in [5, 5.41) is 39.9. The van der Waals surface area contributed by atoms with Crippen LogP contribution >= 0.6 is 0 Å². The van der Waals surface area contributed by atoms with Crippen molar-refractivity contribution in [3.05, 3.63) is 22.3 Å². The Labute approximate surface area is 289 Å². The first-order valence-electron chi connectivity index (χ1n) is 18.3. The normalized spacial score (nSPS) is 14.7. The zero-order chi connectivity index (χ0) is 36.4. The lowest BCUT2D eigenvalue weighted by Crippen LogP contribution is -2.26. The Morgan fingerprint density at radius 1 is 0.667 bits per heavy atom. The van der Waals surface area contributed by atoms with E-state index < -0.39 is 29.8 Å². The summed E-state index contributed by atoms with van der Waals surface area (Å²) < 4.78 is 11.8. The van der Waals surface area contributed by atoms with Gasteiger partial charge in [-0.25, -0.2) is 0 Å². The van der Waals surface area contributed by atoms with Crippen LogP contribution in [0.25, 0.3) is 0 Å². The van der Waals surface area contributed by atoms with Crippen LogP contribution in [0, 0.1) is 38.5 Å². The first-order chi connectivity index (χ1) is 22.4. The van der Waals surface area contributed by atoms with E-state index in [2.05, 4.69) is 27.7 Å². The third kappa shape index (κ3) is 17.7. The van der Waals surface area contributed by atoms with Crippen LogP contribution in [0.4, 0.5) is 0 Å². The molecule has 4 atom stereocenters. The van der Waals surface area contributed by atoms with Crippen LogP contribution in [0.2, 0.25) is 0 Å². The van der Waals surface area contributed by atoms with E-state index >= 15 is 0 Å². The van der Waals surface area contributed by atoms with Crippen molar-refractivity contribution in [2.75, 3.05) is 0 Å². The molecule has 0 aromatic heterocycles. The van der Waals surface area contributed by atoms with Crippen LogP contribution in [0.3, 0.4) is 0 Å². The van der Waals surface area contributed by atoms with E-state index in [1.807, 2.05) is 20.8 Å². The quantitative estimate of drug-likeness (QED) is 0.0428. The highest BCUT2D eigenvalue weighted by Gasteiger charge is 2.27. The molecular formula is C39H66O9. The molecule has 0 saturated heterocycles. The molecule has 0 aliphatic carbocycles. The summed E-state index contributed by atoms with van der Waals surface area (Å²) in [5.74, 6) is 0.508. The summed E-state index contributed by atoms with van der Waals surface area (Å²) >= 11 is 0. The van der Waals surface area contributed by atoms with Gasteiger partial charge in [-0.2, -0.15) is 0 Å². The molecule has 4 N–H and O–H groups in total. The predicted molar refractivity (Wildman–Crippen MR) is 190 cm³/mol. The molecular weight excluding hydrogens is 612 g/mol. The van der Waals surface area contributed by atoms with Crippen molar-refractivity contribution in [2.24, 2.45) is 17.8 Å². The van der Waals surface area contributed by atoms with Crippen LogP contribution in [0.15, 0.2) is 0 Å². The molecule has 48 heavy (non-hydrogen) atoms. The Balaban J connectivity index is 2.94. The Hall–Kier alpha value is -2.65. The minimum atomic E-state index is -1.23. The number of carbonyl (C=O) groups is 3. The molecule has 1 aromatic carbocycles. The number of aliphatic carboxylic acids is 2. The average molecular weight is 679 g/mol. The number of hydrogen-bond donors (Lipinski definition) is 4. The molecule has 0 saturated carbocycles. The van der Waals surface area contributed by atoms with E-state index in [9.17, 15) is 24.6 Å². The van der Waals surface area contributed by atoms with Gasteiger partial charge in [0.1, 0.15) is 11.5 Å². The number of aliphatic hydroxyl groups excluding tert-OH is 1. The topological polar surface area (TPSA) is 151 Å². The summed E-state index contributed by atoms with van der Waals surface area (Å²) in [6, 6.07) is 0. The number of esters is 1. The molecule has 1 aromatic rings. The Bertz CT molecular complexity index is 1140. The van der Waals surface area contributed by atoms with Crippen molar-refractivity contribution >= 4 is 17.9 Å². The number of benzene rings is 1. The monoisotopic (exact) mass is 678 g/mol. The average Bonchev–Trinajstić information content (AvgIpc) is 2.97. The van der Waals surface area contributed by atoms with Gasteiger partial charge < -0.3 is 29.9 Å². The fourth-order valence-corrected chi connectivity index (χ4v) is 6.27. The maximum atomic E-state index is 12.6. The molecule has 1 rings (SSSR count). The summed E-state index contributed by atoms with van der Waals surface area (Å²) in [4.78, 5) is 34.5. The molecule has 0 bridgehead atoms. The van der Waals surface area contributed by atoms with Gasteiger partial charge >= 0.3 is 17.9 Å². The molecule has 0 amide bonds. The standard InChI is InChI=1S/C39H66O9/c1-26(2)14-9-15-27(3)16-10-17-28(4)18-13-24-39(8,46)25-23-32-31(7)37(47-35(44)21-11-19-33(40)41)29(5)30(6)38(32)48-36(45)22-12-20-34(42)43/h26-28,36,45-46H,9-25H2,1-8H3,(H,40,41)(H,42,43). The highest BCUT2D eigenvalue weighted by Crippen LogP contribution is 2.40. The summed E-state index contributed by atoms with van der Waals surface area (Å²) in [5.41, 5.74) is 1.74. The van der Waals surface area contributed by atoms with Gasteiger partial charge in [0.15, 0.2) is 6.29 Å². The van der Waals surface area contributed by atoms with E-state index in [0.29, 0.717) is 58.9 Å². The number of ether oxygens (including phenoxy) is 2. The third-order valence-corrected chi connectivity index (χ3v) is 9.59. The van der Waals surface area contributed by atoms with E-state index in [4.69, 9.17) is 19.7 Å².